The quantitative estimate of drug-likeness (QED) is 0.644. The molecule has 0 bridgehead atoms. The summed E-state index contributed by atoms with van der Waals surface area (Å²) in [5.41, 5.74) is 2.60. The molecule has 3 heterocycles. The minimum Gasteiger partial charge on any atom is -0.324 e. The van der Waals surface area contributed by atoms with Gasteiger partial charge in [0.25, 0.3) is 11.8 Å². The van der Waals surface area contributed by atoms with Crippen LogP contribution in [0.5, 0.6) is 0 Å². The van der Waals surface area contributed by atoms with Crippen LogP contribution in [0, 0.1) is 6.92 Å². The second kappa shape index (κ2) is 7.24. The van der Waals surface area contributed by atoms with Crippen LogP contribution in [-0.2, 0) is 4.79 Å². The first-order valence-electron chi connectivity index (χ1n) is 10.6. The van der Waals surface area contributed by atoms with E-state index in [-0.39, 0.29) is 11.8 Å². The van der Waals surface area contributed by atoms with Crippen molar-refractivity contribution in [2.75, 3.05) is 18.0 Å². The molecule has 30 heavy (non-hydrogen) atoms. The number of benzene rings is 2. The molecule has 2 aliphatic heterocycles. The Kier molecular flexibility index (Phi) is 4.54. The molecule has 1 atom stereocenters. The van der Waals surface area contributed by atoms with Crippen molar-refractivity contribution in [2.24, 2.45) is 0 Å². The summed E-state index contributed by atoms with van der Waals surface area (Å²) in [5.74, 6) is -0.0347. The van der Waals surface area contributed by atoms with Gasteiger partial charge in [0.05, 0.1) is 11.1 Å². The third-order valence-electron chi connectivity index (χ3n) is 6.56. The molecule has 1 unspecified atom stereocenters. The van der Waals surface area contributed by atoms with Gasteiger partial charge in [-0.1, -0.05) is 35.9 Å². The Morgan fingerprint density at radius 3 is 2.50 bits per heavy atom. The lowest BCUT2D eigenvalue weighted by Crippen LogP contribution is -2.61. The number of para-hydroxylation sites is 1. The molecule has 1 aromatic heterocycles. The molecule has 152 valence electrons. The van der Waals surface area contributed by atoms with E-state index in [1.807, 2.05) is 71.3 Å². The first kappa shape index (κ1) is 18.8. The van der Waals surface area contributed by atoms with Crippen LogP contribution in [0.4, 0.5) is 5.69 Å². The van der Waals surface area contributed by atoms with Crippen molar-refractivity contribution in [3.63, 3.8) is 0 Å². The number of anilines is 1. The van der Waals surface area contributed by atoms with E-state index >= 15 is 0 Å². The number of aryl methyl sites for hydroxylation is 1. The molecule has 2 fully saturated rings. The van der Waals surface area contributed by atoms with Crippen molar-refractivity contribution in [3.05, 3.63) is 71.9 Å². The Hall–Kier alpha value is -3.21. The molecule has 2 aliphatic rings. The standard InChI is InChI=1S/C25H25N3O2/c1-18-9-11-20(12-10-18)27-16-4-13-25(24(27)30)14-5-17-28(25)23(29)21-8-2-6-19-7-3-15-26-22(19)21/h2-3,6-12,15H,4-5,13-14,16-17H2,1H3. The molecule has 5 heteroatoms. The van der Waals surface area contributed by atoms with Crippen LogP contribution in [0.1, 0.15) is 41.6 Å². The highest BCUT2D eigenvalue weighted by Gasteiger charge is 2.53. The SMILES string of the molecule is Cc1ccc(N2CCCC3(CCCN3C(=O)c3cccc4cccnc34)C2=O)cc1. The fourth-order valence-corrected chi connectivity index (χ4v) is 5.04. The minimum atomic E-state index is -0.753. The second-order valence-corrected chi connectivity index (χ2v) is 8.37. The van der Waals surface area contributed by atoms with Gasteiger partial charge in [0.2, 0.25) is 0 Å². The number of pyridine rings is 1. The van der Waals surface area contributed by atoms with Crippen LogP contribution < -0.4 is 4.90 Å². The van der Waals surface area contributed by atoms with E-state index in [4.69, 9.17) is 0 Å². The van der Waals surface area contributed by atoms with Gasteiger partial charge < -0.3 is 9.80 Å². The van der Waals surface area contributed by atoms with E-state index in [0.29, 0.717) is 24.2 Å². The van der Waals surface area contributed by atoms with Gasteiger partial charge >= 0.3 is 0 Å². The van der Waals surface area contributed by atoms with Crippen LogP contribution in [-0.4, -0.2) is 40.3 Å². The Morgan fingerprint density at radius 2 is 1.70 bits per heavy atom. The topological polar surface area (TPSA) is 53.5 Å². The van der Waals surface area contributed by atoms with Crippen LogP contribution in [0.25, 0.3) is 10.9 Å². The van der Waals surface area contributed by atoms with E-state index in [1.165, 1.54) is 5.56 Å². The maximum Gasteiger partial charge on any atom is 0.256 e. The number of rotatable bonds is 2. The number of likely N-dealkylation sites (tertiary alicyclic amines) is 1. The molecule has 2 aromatic carbocycles. The van der Waals surface area contributed by atoms with Crippen molar-refractivity contribution < 1.29 is 9.59 Å². The zero-order valence-electron chi connectivity index (χ0n) is 17.2. The minimum absolute atomic E-state index is 0.0525. The molecule has 1 spiro atoms. The molecule has 0 N–H and O–H groups in total. The lowest BCUT2D eigenvalue weighted by atomic mass is 9.84. The fraction of sp³-hybridized carbons (Fsp3) is 0.320. The molecule has 0 saturated carbocycles. The number of hydrogen-bond acceptors (Lipinski definition) is 3. The monoisotopic (exact) mass is 399 g/mol. The summed E-state index contributed by atoms with van der Waals surface area (Å²) in [4.78, 5) is 35.6. The predicted octanol–water partition coefficient (Wildman–Crippen LogP) is 4.35. The molecule has 5 nitrogen and oxygen atoms in total. The van der Waals surface area contributed by atoms with Gasteiger partial charge in [0.15, 0.2) is 0 Å². The lowest BCUT2D eigenvalue weighted by molar-refractivity contribution is -0.130. The van der Waals surface area contributed by atoms with E-state index < -0.39 is 5.54 Å². The zero-order valence-corrected chi connectivity index (χ0v) is 17.2. The molecule has 3 aromatic rings. The first-order valence-corrected chi connectivity index (χ1v) is 10.6. The normalized spacial score (nSPS) is 21.6. The highest BCUT2D eigenvalue weighted by atomic mass is 16.2. The number of piperidine rings is 1. The van der Waals surface area contributed by atoms with Gasteiger partial charge in [-0.15, -0.1) is 0 Å². The van der Waals surface area contributed by atoms with E-state index in [0.717, 1.165) is 36.8 Å². The predicted molar refractivity (Wildman–Crippen MR) is 118 cm³/mol. The van der Waals surface area contributed by atoms with Crippen molar-refractivity contribution in [1.29, 1.82) is 0 Å². The van der Waals surface area contributed by atoms with E-state index in [2.05, 4.69) is 4.98 Å². The number of carbonyl (C=O) groups excluding carboxylic acids is 2. The number of hydrogen-bond donors (Lipinski definition) is 0. The number of carbonyl (C=O) groups is 2. The average Bonchev–Trinajstić information content (AvgIpc) is 3.20. The van der Waals surface area contributed by atoms with E-state index in [1.54, 1.807) is 6.20 Å². The Bertz CT molecular complexity index is 1120. The zero-order chi connectivity index (χ0) is 20.7. The van der Waals surface area contributed by atoms with Gasteiger partial charge in [-0.25, -0.2) is 0 Å². The molecule has 0 aliphatic carbocycles. The molecular weight excluding hydrogens is 374 g/mol. The van der Waals surface area contributed by atoms with Crippen LogP contribution in [0.15, 0.2) is 60.8 Å². The summed E-state index contributed by atoms with van der Waals surface area (Å²) >= 11 is 0. The third-order valence-corrected chi connectivity index (χ3v) is 6.56. The molecular formula is C25H25N3O2. The van der Waals surface area contributed by atoms with Crippen molar-refractivity contribution in [1.82, 2.24) is 9.88 Å². The van der Waals surface area contributed by atoms with Gasteiger partial charge in [-0.3, -0.25) is 14.6 Å². The number of aromatic nitrogens is 1. The van der Waals surface area contributed by atoms with Crippen LogP contribution in [0.3, 0.4) is 0 Å². The Morgan fingerprint density at radius 1 is 0.967 bits per heavy atom. The first-order chi connectivity index (χ1) is 14.6. The molecule has 0 radical (unpaired) electrons. The van der Waals surface area contributed by atoms with Crippen molar-refractivity contribution in [3.8, 4) is 0 Å². The van der Waals surface area contributed by atoms with Gasteiger partial charge in [0.1, 0.15) is 5.54 Å². The Labute approximate surface area is 176 Å². The number of amides is 2. The van der Waals surface area contributed by atoms with E-state index in [9.17, 15) is 9.59 Å². The molecule has 2 amide bonds. The fourth-order valence-electron chi connectivity index (χ4n) is 5.04. The molecule has 5 rings (SSSR count). The summed E-state index contributed by atoms with van der Waals surface area (Å²) in [7, 11) is 0. The van der Waals surface area contributed by atoms with Gasteiger partial charge in [0, 0.05) is 30.4 Å². The summed E-state index contributed by atoms with van der Waals surface area (Å²) in [6.45, 7) is 3.34. The smallest absolute Gasteiger partial charge is 0.256 e. The highest BCUT2D eigenvalue weighted by molar-refractivity contribution is 6.10. The second-order valence-electron chi connectivity index (χ2n) is 8.37. The average molecular weight is 399 g/mol. The van der Waals surface area contributed by atoms with Crippen LogP contribution >= 0.6 is 0 Å². The van der Waals surface area contributed by atoms with Crippen molar-refractivity contribution in [2.45, 2.75) is 38.1 Å². The third kappa shape index (κ3) is 2.88. The largest absolute Gasteiger partial charge is 0.324 e. The summed E-state index contributed by atoms with van der Waals surface area (Å²) in [5, 5.41) is 0.938. The Balaban J connectivity index is 1.52. The highest BCUT2D eigenvalue weighted by Crippen LogP contribution is 2.41. The maximum absolute atomic E-state index is 13.8. The summed E-state index contributed by atoms with van der Waals surface area (Å²) in [6.07, 6.45) is 4.88. The summed E-state index contributed by atoms with van der Waals surface area (Å²) in [6, 6.07) is 17.6. The molecule has 2 saturated heterocycles. The lowest BCUT2D eigenvalue weighted by Gasteiger charge is -2.44. The van der Waals surface area contributed by atoms with Crippen molar-refractivity contribution >= 4 is 28.4 Å². The number of nitrogens with zero attached hydrogens (tertiary/aromatic N) is 3. The van der Waals surface area contributed by atoms with Gasteiger partial charge in [-0.05, 0) is 56.9 Å². The summed E-state index contributed by atoms with van der Waals surface area (Å²) < 4.78 is 0. The van der Waals surface area contributed by atoms with Crippen LogP contribution in [0.2, 0.25) is 0 Å². The number of fused-ring (bicyclic) bond motifs is 1. The maximum atomic E-state index is 13.8. The van der Waals surface area contributed by atoms with Gasteiger partial charge in [-0.2, -0.15) is 0 Å².